The molecule has 0 bridgehead atoms. The Hall–Kier alpha value is -0.463. The number of aliphatic carboxylic acids is 1. The summed E-state index contributed by atoms with van der Waals surface area (Å²) in [4.78, 5) is 20.7. The molecule has 4 nitrogen and oxygen atoms in total. The van der Waals surface area contributed by atoms with E-state index in [2.05, 4.69) is 4.74 Å². The number of ether oxygens (including phenoxy) is 1. The zero-order chi connectivity index (χ0) is 8.15. The molecule has 0 saturated carbocycles. The van der Waals surface area contributed by atoms with E-state index in [9.17, 15) is 9.59 Å². The minimum absolute atomic E-state index is 0. The van der Waals surface area contributed by atoms with Crippen LogP contribution in [0.15, 0.2) is 0 Å². The van der Waals surface area contributed by atoms with E-state index < -0.39 is 17.9 Å². The van der Waals surface area contributed by atoms with Crippen LogP contribution in [0.1, 0.15) is 15.3 Å². The van der Waals surface area contributed by atoms with Crippen molar-refractivity contribution in [2.75, 3.05) is 6.61 Å². The van der Waals surface area contributed by atoms with Crippen molar-refractivity contribution in [3.63, 3.8) is 0 Å². The molecule has 1 N–H and O–H groups in total. The number of carboxylic acid groups (broad SMARTS) is 1. The van der Waals surface area contributed by atoms with E-state index in [0.717, 1.165) is 0 Å². The molecule has 0 saturated heterocycles. The normalized spacial score (nSPS) is 11.1. The second kappa shape index (κ2) is 6.26. The molecule has 0 radical (unpaired) electrons. The minimum atomic E-state index is -1.15. The molecule has 0 aromatic carbocycles. The molecule has 1 atom stereocenters. The van der Waals surface area contributed by atoms with Crippen LogP contribution in [0.2, 0.25) is 0 Å². The summed E-state index contributed by atoms with van der Waals surface area (Å²) < 4.78 is 4.45. The van der Waals surface area contributed by atoms with Crippen molar-refractivity contribution in [3.05, 3.63) is 0 Å². The second-order valence-corrected chi connectivity index (χ2v) is 1.81. The largest absolute Gasteiger partial charge is 1.00 e. The van der Waals surface area contributed by atoms with Crippen molar-refractivity contribution in [2.45, 2.75) is 13.8 Å². The molecule has 0 rings (SSSR count). The summed E-state index contributed by atoms with van der Waals surface area (Å²) in [5, 5.41) is 8.28. The third kappa shape index (κ3) is 4.88. The van der Waals surface area contributed by atoms with E-state index in [4.69, 9.17) is 5.11 Å². The summed E-state index contributed by atoms with van der Waals surface area (Å²) in [5.41, 5.74) is 0. The van der Waals surface area contributed by atoms with Gasteiger partial charge in [0.05, 0.1) is 6.61 Å². The van der Waals surface area contributed by atoms with Crippen molar-refractivity contribution in [2.24, 2.45) is 5.92 Å². The summed E-state index contributed by atoms with van der Waals surface area (Å²) >= 11 is 0. The summed E-state index contributed by atoms with van der Waals surface area (Å²) in [6, 6.07) is 0. The maximum absolute atomic E-state index is 10.6. The Morgan fingerprint density at radius 2 is 2.09 bits per heavy atom. The fraction of sp³-hybridized carbons (Fsp3) is 0.667. The maximum atomic E-state index is 10.6. The number of carboxylic acids is 1. The summed E-state index contributed by atoms with van der Waals surface area (Å²) in [7, 11) is 0. The Labute approximate surface area is 78.6 Å². The van der Waals surface area contributed by atoms with Crippen LogP contribution in [0, 0.1) is 5.92 Å². The van der Waals surface area contributed by atoms with E-state index in [1.54, 1.807) is 6.92 Å². The van der Waals surface area contributed by atoms with Gasteiger partial charge in [0.25, 0.3) is 0 Å². The molecule has 0 aromatic rings. The SMILES string of the molecule is CCOC(=O)C(C)C(=O)O.[H-].[Li+]. The molecule has 5 heteroatoms. The van der Waals surface area contributed by atoms with Gasteiger partial charge < -0.3 is 11.3 Å². The van der Waals surface area contributed by atoms with Gasteiger partial charge in [-0.2, -0.15) is 0 Å². The number of hydrogen-bond acceptors (Lipinski definition) is 3. The number of rotatable bonds is 3. The Balaban J connectivity index is -0.000000405. The van der Waals surface area contributed by atoms with Gasteiger partial charge in [-0.25, -0.2) is 0 Å². The molecule has 0 aliphatic heterocycles. The average Bonchev–Trinajstić information content (AvgIpc) is 1.87. The molecular formula is C6H11LiO4. The zero-order valence-electron chi connectivity index (χ0n) is 7.96. The number of hydrogen-bond donors (Lipinski definition) is 1. The van der Waals surface area contributed by atoms with Gasteiger partial charge in [0, 0.05) is 0 Å². The van der Waals surface area contributed by atoms with E-state index in [1.807, 2.05) is 0 Å². The molecule has 0 fully saturated rings. The van der Waals surface area contributed by atoms with Crippen LogP contribution in [0.25, 0.3) is 0 Å². The van der Waals surface area contributed by atoms with Crippen molar-refractivity contribution in [1.29, 1.82) is 0 Å². The molecule has 0 amide bonds. The first-order valence-corrected chi connectivity index (χ1v) is 2.99. The Kier molecular flexibility index (Phi) is 7.48. The standard InChI is InChI=1S/C6H10O4.Li.H/c1-3-10-6(9)4(2)5(7)8;;/h4H,3H2,1-2H3,(H,7,8);;/q;+1;-1. The number of carbonyl (C=O) groups is 2. The molecule has 0 spiro atoms. The van der Waals surface area contributed by atoms with Gasteiger partial charge in [0.15, 0.2) is 5.92 Å². The second-order valence-electron chi connectivity index (χ2n) is 1.81. The van der Waals surface area contributed by atoms with Crippen molar-refractivity contribution in [3.8, 4) is 0 Å². The Bertz CT molecular complexity index is 150. The quantitative estimate of drug-likeness (QED) is 0.275. The van der Waals surface area contributed by atoms with Gasteiger partial charge in [-0.15, -0.1) is 0 Å². The van der Waals surface area contributed by atoms with Crippen LogP contribution in [0.4, 0.5) is 0 Å². The average molecular weight is 154 g/mol. The van der Waals surface area contributed by atoms with E-state index in [0.29, 0.717) is 0 Å². The van der Waals surface area contributed by atoms with Crippen LogP contribution >= 0.6 is 0 Å². The fourth-order valence-corrected chi connectivity index (χ4v) is 0.368. The van der Waals surface area contributed by atoms with E-state index in [-0.39, 0.29) is 26.9 Å². The smallest absolute Gasteiger partial charge is 1.00 e. The summed E-state index contributed by atoms with van der Waals surface area (Å²) in [6.45, 7) is 3.14. The Morgan fingerprint density at radius 1 is 1.64 bits per heavy atom. The third-order valence-electron chi connectivity index (χ3n) is 1.01. The molecule has 0 aromatic heterocycles. The number of carbonyl (C=O) groups excluding carboxylic acids is 1. The first-order valence-electron chi connectivity index (χ1n) is 2.99. The van der Waals surface area contributed by atoms with E-state index in [1.165, 1.54) is 6.92 Å². The summed E-state index contributed by atoms with van der Waals surface area (Å²) in [6.07, 6.45) is 0. The van der Waals surface area contributed by atoms with E-state index >= 15 is 0 Å². The van der Waals surface area contributed by atoms with Crippen LogP contribution in [0.5, 0.6) is 0 Å². The van der Waals surface area contributed by atoms with Crippen molar-refractivity contribution >= 4 is 11.9 Å². The van der Waals surface area contributed by atoms with Gasteiger partial charge in [0.2, 0.25) is 0 Å². The topological polar surface area (TPSA) is 63.6 Å². The molecule has 1 unspecified atom stereocenters. The van der Waals surface area contributed by atoms with Gasteiger partial charge in [-0.3, -0.25) is 9.59 Å². The monoisotopic (exact) mass is 154 g/mol. The molecule has 0 aliphatic rings. The van der Waals surface area contributed by atoms with Gasteiger partial charge >= 0.3 is 30.8 Å². The van der Waals surface area contributed by atoms with Crippen molar-refractivity contribution < 1.29 is 39.7 Å². The van der Waals surface area contributed by atoms with Crippen LogP contribution in [-0.4, -0.2) is 23.7 Å². The van der Waals surface area contributed by atoms with Gasteiger partial charge in [0.1, 0.15) is 0 Å². The molecule has 60 valence electrons. The maximum Gasteiger partial charge on any atom is 1.00 e. The predicted octanol–water partition coefficient (Wildman–Crippen LogP) is -2.61. The molecule has 0 heterocycles. The zero-order valence-corrected chi connectivity index (χ0v) is 6.96. The van der Waals surface area contributed by atoms with Crippen LogP contribution < -0.4 is 18.9 Å². The predicted molar refractivity (Wildman–Crippen MR) is 34.5 cm³/mol. The molecular weight excluding hydrogens is 143 g/mol. The molecule has 11 heavy (non-hydrogen) atoms. The first-order chi connectivity index (χ1) is 4.59. The van der Waals surface area contributed by atoms with Crippen LogP contribution in [0.3, 0.4) is 0 Å². The summed E-state index contributed by atoms with van der Waals surface area (Å²) in [5.74, 6) is -2.89. The van der Waals surface area contributed by atoms with Gasteiger partial charge in [-0.1, -0.05) is 0 Å². The van der Waals surface area contributed by atoms with Crippen molar-refractivity contribution in [1.82, 2.24) is 0 Å². The first kappa shape index (κ1) is 13.2. The third-order valence-corrected chi connectivity index (χ3v) is 1.01. The minimum Gasteiger partial charge on any atom is -1.00 e. The van der Waals surface area contributed by atoms with Crippen LogP contribution in [-0.2, 0) is 14.3 Å². The Morgan fingerprint density at radius 3 is 2.36 bits per heavy atom. The van der Waals surface area contributed by atoms with Gasteiger partial charge in [-0.05, 0) is 13.8 Å². The number of esters is 1. The molecule has 0 aliphatic carbocycles. The fourth-order valence-electron chi connectivity index (χ4n) is 0.368.